The minimum atomic E-state index is -1.22. The zero-order valence-corrected chi connectivity index (χ0v) is 13.2. The van der Waals surface area contributed by atoms with Gasteiger partial charge in [0.2, 0.25) is 5.91 Å². The lowest BCUT2D eigenvalue weighted by molar-refractivity contribution is -0.147. The van der Waals surface area contributed by atoms with Gasteiger partial charge in [-0.15, -0.1) is 0 Å². The maximum Gasteiger partial charge on any atom is 0.329 e. The maximum absolute atomic E-state index is 12.3. The molecule has 0 spiro atoms. The molecule has 0 aliphatic heterocycles. The summed E-state index contributed by atoms with van der Waals surface area (Å²) in [7, 11) is 0. The van der Waals surface area contributed by atoms with Gasteiger partial charge in [0, 0.05) is 16.6 Å². The van der Waals surface area contributed by atoms with E-state index in [1.54, 1.807) is 6.92 Å². The van der Waals surface area contributed by atoms with Crippen LogP contribution in [-0.4, -0.2) is 27.5 Å². The van der Waals surface area contributed by atoms with E-state index >= 15 is 0 Å². The second-order valence-electron chi connectivity index (χ2n) is 5.89. The fraction of sp³-hybridized carbons (Fsp3) is 0.412. The number of carbonyl (C=O) groups excluding carboxylic acids is 1. The molecule has 0 radical (unpaired) electrons. The predicted molar refractivity (Wildman–Crippen MR) is 85.8 cm³/mol. The molecule has 2 aromatic rings. The molecule has 0 aliphatic rings. The molecule has 0 bridgehead atoms. The van der Waals surface area contributed by atoms with Gasteiger partial charge in [-0.2, -0.15) is 0 Å². The van der Waals surface area contributed by atoms with E-state index in [4.69, 9.17) is 0 Å². The molecular formula is C17H22N2O3. The summed E-state index contributed by atoms with van der Waals surface area (Å²) in [5, 5.41) is 13.0. The van der Waals surface area contributed by atoms with Gasteiger partial charge in [-0.05, 0) is 31.9 Å². The Kier molecular flexibility index (Phi) is 4.54. The molecule has 22 heavy (non-hydrogen) atoms. The minimum Gasteiger partial charge on any atom is -0.480 e. The van der Waals surface area contributed by atoms with Crippen molar-refractivity contribution in [3.05, 3.63) is 35.5 Å². The standard InChI is InChI=1S/C17H22N2O3/c1-4-9-17(3,16(21)22)19-15(20)10-13-11(2)18-14-8-6-5-7-12(13)14/h5-8,18H,4,9-10H2,1-3H3,(H,19,20)(H,21,22). The first-order valence-electron chi connectivity index (χ1n) is 7.48. The predicted octanol–water partition coefficient (Wildman–Crippen LogP) is 2.78. The molecule has 2 rings (SSSR count). The molecule has 1 amide bonds. The molecule has 118 valence electrons. The second kappa shape index (κ2) is 6.22. The van der Waals surface area contributed by atoms with E-state index in [-0.39, 0.29) is 12.3 Å². The van der Waals surface area contributed by atoms with Crippen LogP contribution in [0.2, 0.25) is 0 Å². The fourth-order valence-corrected chi connectivity index (χ4v) is 2.80. The normalized spacial score (nSPS) is 13.8. The highest BCUT2D eigenvalue weighted by Gasteiger charge is 2.33. The van der Waals surface area contributed by atoms with Gasteiger partial charge in [0.1, 0.15) is 5.54 Å². The van der Waals surface area contributed by atoms with Gasteiger partial charge >= 0.3 is 5.97 Å². The van der Waals surface area contributed by atoms with Crippen molar-refractivity contribution in [1.29, 1.82) is 0 Å². The lowest BCUT2D eigenvalue weighted by atomic mass is 9.95. The van der Waals surface area contributed by atoms with Crippen LogP contribution >= 0.6 is 0 Å². The van der Waals surface area contributed by atoms with Crippen molar-refractivity contribution in [2.24, 2.45) is 0 Å². The van der Waals surface area contributed by atoms with Crippen LogP contribution in [0.15, 0.2) is 24.3 Å². The number of aliphatic carboxylic acids is 1. The number of rotatable bonds is 6. The number of aromatic amines is 1. The molecule has 1 aromatic heterocycles. The molecule has 1 unspecified atom stereocenters. The number of fused-ring (bicyclic) bond motifs is 1. The SMILES string of the molecule is CCCC(C)(NC(=O)Cc1c(C)[nH]c2ccccc12)C(=O)O. The number of amides is 1. The third-order valence-corrected chi connectivity index (χ3v) is 4.00. The first-order chi connectivity index (χ1) is 10.4. The second-order valence-corrected chi connectivity index (χ2v) is 5.89. The molecule has 0 saturated heterocycles. The zero-order valence-electron chi connectivity index (χ0n) is 13.2. The van der Waals surface area contributed by atoms with Crippen LogP contribution in [0.1, 0.15) is 37.9 Å². The van der Waals surface area contributed by atoms with Crippen molar-refractivity contribution >= 4 is 22.8 Å². The Labute approximate surface area is 129 Å². The van der Waals surface area contributed by atoms with Crippen LogP contribution in [0.3, 0.4) is 0 Å². The van der Waals surface area contributed by atoms with E-state index in [0.717, 1.165) is 22.2 Å². The number of hydrogen-bond acceptors (Lipinski definition) is 2. The van der Waals surface area contributed by atoms with Crippen molar-refractivity contribution in [3.8, 4) is 0 Å². The van der Waals surface area contributed by atoms with Crippen molar-refractivity contribution in [2.45, 2.75) is 45.6 Å². The summed E-state index contributed by atoms with van der Waals surface area (Å²) in [4.78, 5) is 27.0. The topological polar surface area (TPSA) is 82.2 Å². The van der Waals surface area contributed by atoms with Crippen LogP contribution in [0, 0.1) is 6.92 Å². The lowest BCUT2D eigenvalue weighted by Crippen LogP contribution is -2.52. The monoisotopic (exact) mass is 302 g/mol. The molecule has 0 fully saturated rings. The molecule has 1 heterocycles. The van der Waals surface area contributed by atoms with Crippen molar-refractivity contribution in [3.63, 3.8) is 0 Å². The minimum absolute atomic E-state index is 0.169. The summed E-state index contributed by atoms with van der Waals surface area (Å²) in [6.07, 6.45) is 1.26. The number of carboxylic acid groups (broad SMARTS) is 1. The molecule has 1 aromatic carbocycles. The highest BCUT2D eigenvalue weighted by atomic mass is 16.4. The Morgan fingerprint density at radius 1 is 1.32 bits per heavy atom. The summed E-state index contributed by atoms with van der Waals surface area (Å²) in [5.74, 6) is -1.27. The van der Waals surface area contributed by atoms with E-state index in [0.29, 0.717) is 12.8 Å². The Hall–Kier alpha value is -2.30. The first-order valence-corrected chi connectivity index (χ1v) is 7.48. The largest absolute Gasteiger partial charge is 0.480 e. The van der Waals surface area contributed by atoms with E-state index in [1.807, 2.05) is 38.1 Å². The third-order valence-electron chi connectivity index (χ3n) is 4.00. The number of nitrogens with one attached hydrogen (secondary N) is 2. The van der Waals surface area contributed by atoms with Gasteiger partial charge in [-0.3, -0.25) is 4.79 Å². The van der Waals surface area contributed by atoms with Crippen molar-refractivity contribution < 1.29 is 14.7 Å². The number of carboxylic acids is 1. The van der Waals surface area contributed by atoms with E-state index in [2.05, 4.69) is 10.3 Å². The molecule has 3 N–H and O–H groups in total. The average Bonchev–Trinajstić information content (AvgIpc) is 2.75. The summed E-state index contributed by atoms with van der Waals surface area (Å²) in [5.41, 5.74) is 1.62. The van der Waals surface area contributed by atoms with Crippen molar-refractivity contribution in [1.82, 2.24) is 10.3 Å². The molecule has 5 nitrogen and oxygen atoms in total. The van der Waals surface area contributed by atoms with Crippen LogP contribution < -0.4 is 5.32 Å². The van der Waals surface area contributed by atoms with E-state index in [1.165, 1.54) is 0 Å². The highest BCUT2D eigenvalue weighted by molar-refractivity contribution is 5.92. The molecule has 1 atom stereocenters. The van der Waals surface area contributed by atoms with Crippen LogP contribution in [0.5, 0.6) is 0 Å². The summed E-state index contributed by atoms with van der Waals surface area (Å²) >= 11 is 0. The number of para-hydroxylation sites is 1. The van der Waals surface area contributed by atoms with Gasteiger partial charge in [0.15, 0.2) is 0 Å². The van der Waals surface area contributed by atoms with Crippen molar-refractivity contribution in [2.75, 3.05) is 0 Å². The van der Waals surface area contributed by atoms with Gasteiger partial charge < -0.3 is 15.4 Å². The van der Waals surface area contributed by atoms with E-state index in [9.17, 15) is 14.7 Å². The molecule has 0 aliphatic carbocycles. The Morgan fingerprint density at radius 3 is 2.64 bits per heavy atom. The maximum atomic E-state index is 12.3. The van der Waals surface area contributed by atoms with Gasteiger partial charge in [0.25, 0.3) is 0 Å². The lowest BCUT2D eigenvalue weighted by Gasteiger charge is -2.25. The van der Waals surface area contributed by atoms with Crippen LogP contribution in [0.4, 0.5) is 0 Å². The van der Waals surface area contributed by atoms with Crippen LogP contribution in [0.25, 0.3) is 10.9 Å². The number of aromatic nitrogens is 1. The first kappa shape index (κ1) is 16.1. The molecule has 5 heteroatoms. The average molecular weight is 302 g/mol. The Bertz CT molecular complexity index is 705. The van der Waals surface area contributed by atoms with E-state index < -0.39 is 11.5 Å². The summed E-state index contributed by atoms with van der Waals surface area (Å²) in [6.45, 7) is 5.38. The number of H-pyrrole nitrogens is 1. The number of benzene rings is 1. The summed E-state index contributed by atoms with van der Waals surface area (Å²) in [6, 6.07) is 7.78. The number of aryl methyl sites for hydroxylation is 1. The number of hydrogen-bond donors (Lipinski definition) is 3. The molecule has 0 saturated carbocycles. The zero-order chi connectivity index (χ0) is 16.3. The fourth-order valence-electron chi connectivity index (χ4n) is 2.80. The number of carbonyl (C=O) groups is 2. The smallest absolute Gasteiger partial charge is 0.329 e. The molecular weight excluding hydrogens is 280 g/mol. The summed E-state index contributed by atoms with van der Waals surface area (Å²) < 4.78 is 0. The highest BCUT2D eigenvalue weighted by Crippen LogP contribution is 2.22. The quantitative estimate of drug-likeness (QED) is 0.767. The van der Waals surface area contributed by atoms with Gasteiger partial charge in [-0.25, -0.2) is 4.79 Å². The Balaban J connectivity index is 2.20. The Morgan fingerprint density at radius 2 is 2.00 bits per heavy atom. The van der Waals surface area contributed by atoms with Gasteiger partial charge in [0.05, 0.1) is 6.42 Å². The van der Waals surface area contributed by atoms with Gasteiger partial charge in [-0.1, -0.05) is 31.5 Å². The third kappa shape index (κ3) is 3.13. The van der Waals surface area contributed by atoms with Crippen LogP contribution in [-0.2, 0) is 16.0 Å².